The third-order valence-electron chi connectivity index (χ3n) is 4.70. The minimum Gasteiger partial charge on any atom is -0.459 e. The average Bonchev–Trinajstić information content (AvgIpc) is 3.31. The van der Waals surface area contributed by atoms with Gasteiger partial charge in [-0.1, -0.05) is 12.1 Å². The Morgan fingerprint density at radius 1 is 1.00 bits per heavy atom. The fourth-order valence-corrected chi connectivity index (χ4v) is 3.26. The zero-order valence-electron chi connectivity index (χ0n) is 14.0. The van der Waals surface area contributed by atoms with Crippen molar-refractivity contribution in [1.82, 2.24) is 14.8 Å². The largest absolute Gasteiger partial charge is 0.459 e. The van der Waals surface area contributed by atoms with Crippen molar-refractivity contribution in [3.05, 3.63) is 59.7 Å². The molecule has 25 heavy (non-hydrogen) atoms. The fraction of sp³-hybridized carbons (Fsp3) is 0.263. The van der Waals surface area contributed by atoms with Gasteiger partial charge >= 0.3 is 0 Å². The average molecular weight is 337 g/mol. The van der Waals surface area contributed by atoms with Crippen LogP contribution in [0.1, 0.15) is 26.6 Å². The van der Waals surface area contributed by atoms with Crippen molar-refractivity contribution in [1.29, 1.82) is 0 Å². The number of nitrogens with zero attached hydrogens (tertiary/aromatic N) is 2. The summed E-state index contributed by atoms with van der Waals surface area (Å²) < 4.78 is 5.16. The first-order valence-corrected chi connectivity index (χ1v) is 8.34. The van der Waals surface area contributed by atoms with Gasteiger partial charge in [0.2, 0.25) is 0 Å². The Hall–Kier alpha value is -3.02. The second-order valence-corrected chi connectivity index (χ2v) is 6.28. The molecule has 0 radical (unpaired) electrons. The minimum atomic E-state index is -0.127. The van der Waals surface area contributed by atoms with Gasteiger partial charge in [0.1, 0.15) is 5.69 Å². The first kappa shape index (κ1) is 15.5. The summed E-state index contributed by atoms with van der Waals surface area (Å²) in [4.78, 5) is 31.8. The SMILES string of the molecule is Cc1cccc2[nH]c(C(=O)N3CCN(C(=O)c4ccco4)CC3)cc12. The van der Waals surface area contributed by atoms with E-state index in [4.69, 9.17) is 4.42 Å². The highest BCUT2D eigenvalue weighted by Crippen LogP contribution is 2.20. The zero-order chi connectivity index (χ0) is 17.4. The summed E-state index contributed by atoms with van der Waals surface area (Å²) in [6.07, 6.45) is 1.49. The van der Waals surface area contributed by atoms with E-state index >= 15 is 0 Å². The van der Waals surface area contributed by atoms with Gasteiger partial charge in [-0.05, 0) is 36.8 Å². The molecule has 1 aliphatic rings. The molecule has 2 amide bonds. The molecule has 1 aliphatic heterocycles. The van der Waals surface area contributed by atoms with Crippen LogP contribution in [0.5, 0.6) is 0 Å². The van der Waals surface area contributed by atoms with Gasteiger partial charge in [0, 0.05) is 37.1 Å². The maximum atomic E-state index is 12.8. The summed E-state index contributed by atoms with van der Waals surface area (Å²) in [5.74, 6) is 0.185. The summed E-state index contributed by atoms with van der Waals surface area (Å²) in [5, 5.41) is 1.07. The Morgan fingerprint density at radius 3 is 2.36 bits per heavy atom. The number of benzene rings is 1. The Bertz CT molecular complexity index is 919. The first-order chi connectivity index (χ1) is 12.1. The van der Waals surface area contributed by atoms with Crippen molar-refractivity contribution in [2.75, 3.05) is 26.2 Å². The maximum absolute atomic E-state index is 12.8. The van der Waals surface area contributed by atoms with E-state index in [0.717, 1.165) is 16.5 Å². The zero-order valence-corrected chi connectivity index (χ0v) is 14.0. The number of hydrogen-bond acceptors (Lipinski definition) is 3. The van der Waals surface area contributed by atoms with E-state index in [1.807, 2.05) is 31.2 Å². The van der Waals surface area contributed by atoms with E-state index in [1.165, 1.54) is 6.26 Å². The second kappa shape index (κ2) is 6.12. The quantitative estimate of drug-likeness (QED) is 0.781. The predicted octanol–water partition coefficient (Wildman–Crippen LogP) is 2.67. The van der Waals surface area contributed by atoms with Gasteiger partial charge in [-0.3, -0.25) is 9.59 Å². The molecule has 0 spiro atoms. The van der Waals surface area contributed by atoms with Crippen LogP contribution in [0.4, 0.5) is 0 Å². The Kier molecular flexibility index (Phi) is 3.80. The number of aromatic amines is 1. The summed E-state index contributed by atoms with van der Waals surface area (Å²) in [6.45, 7) is 4.07. The van der Waals surface area contributed by atoms with Crippen molar-refractivity contribution in [3.63, 3.8) is 0 Å². The van der Waals surface area contributed by atoms with Gasteiger partial charge < -0.3 is 19.2 Å². The van der Waals surface area contributed by atoms with Gasteiger partial charge in [0.05, 0.1) is 6.26 Å². The van der Waals surface area contributed by atoms with E-state index in [1.54, 1.807) is 21.9 Å². The van der Waals surface area contributed by atoms with Crippen molar-refractivity contribution < 1.29 is 14.0 Å². The molecule has 0 atom stereocenters. The second-order valence-electron chi connectivity index (χ2n) is 6.28. The van der Waals surface area contributed by atoms with Gasteiger partial charge in [0.15, 0.2) is 5.76 Å². The number of fused-ring (bicyclic) bond motifs is 1. The van der Waals surface area contributed by atoms with E-state index in [2.05, 4.69) is 4.98 Å². The number of rotatable bonds is 2. The van der Waals surface area contributed by atoms with Crippen LogP contribution in [-0.2, 0) is 0 Å². The molecular weight excluding hydrogens is 318 g/mol. The van der Waals surface area contributed by atoms with E-state index in [0.29, 0.717) is 37.6 Å². The third-order valence-corrected chi connectivity index (χ3v) is 4.70. The van der Waals surface area contributed by atoms with Crippen LogP contribution in [-0.4, -0.2) is 52.8 Å². The van der Waals surface area contributed by atoms with Crippen molar-refractivity contribution >= 4 is 22.7 Å². The van der Waals surface area contributed by atoms with E-state index in [-0.39, 0.29) is 11.8 Å². The minimum absolute atomic E-state index is 0.0271. The van der Waals surface area contributed by atoms with Crippen molar-refractivity contribution in [2.45, 2.75) is 6.92 Å². The fourth-order valence-electron chi connectivity index (χ4n) is 3.26. The van der Waals surface area contributed by atoms with Gasteiger partial charge in [0.25, 0.3) is 11.8 Å². The van der Waals surface area contributed by atoms with Gasteiger partial charge in [-0.2, -0.15) is 0 Å². The molecule has 6 nitrogen and oxygen atoms in total. The lowest BCUT2D eigenvalue weighted by Crippen LogP contribution is -2.50. The van der Waals surface area contributed by atoms with Crippen LogP contribution >= 0.6 is 0 Å². The number of aromatic nitrogens is 1. The lowest BCUT2D eigenvalue weighted by Gasteiger charge is -2.34. The molecule has 0 unspecified atom stereocenters. The Balaban J connectivity index is 1.45. The normalized spacial score (nSPS) is 14.9. The Labute approximate surface area is 145 Å². The lowest BCUT2D eigenvalue weighted by atomic mass is 10.1. The van der Waals surface area contributed by atoms with Crippen LogP contribution in [0.15, 0.2) is 47.1 Å². The van der Waals surface area contributed by atoms with Crippen LogP contribution in [0.3, 0.4) is 0 Å². The van der Waals surface area contributed by atoms with E-state index < -0.39 is 0 Å². The number of nitrogens with one attached hydrogen (secondary N) is 1. The molecule has 3 heterocycles. The smallest absolute Gasteiger partial charge is 0.289 e. The highest BCUT2D eigenvalue weighted by Gasteiger charge is 2.27. The molecule has 0 saturated carbocycles. The maximum Gasteiger partial charge on any atom is 0.289 e. The molecule has 3 aromatic rings. The summed E-state index contributed by atoms with van der Waals surface area (Å²) >= 11 is 0. The number of carbonyl (C=O) groups is 2. The Morgan fingerprint density at radius 2 is 1.72 bits per heavy atom. The molecule has 6 heteroatoms. The van der Waals surface area contributed by atoms with E-state index in [9.17, 15) is 9.59 Å². The van der Waals surface area contributed by atoms with Crippen molar-refractivity contribution in [2.24, 2.45) is 0 Å². The monoisotopic (exact) mass is 337 g/mol. The number of furan rings is 1. The van der Waals surface area contributed by atoms with Gasteiger partial charge in [-0.15, -0.1) is 0 Å². The number of amides is 2. The number of hydrogen-bond donors (Lipinski definition) is 1. The lowest BCUT2D eigenvalue weighted by molar-refractivity contribution is 0.0516. The van der Waals surface area contributed by atoms with Gasteiger partial charge in [-0.25, -0.2) is 0 Å². The summed E-state index contributed by atoms with van der Waals surface area (Å²) in [5.41, 5.74) is 2.70. The molecular formula is C19H19N3O3. The van der Waals surface area contributed by atoms with Crippen molar-refractivity contribution in [3.8, 4) is 0 Å². The molecule has 128 valence electrons. The molecule has 0 bridgehead atoms. The van der Waals surface area contributed by atoms with Crippen LogP contribution in [0.25, 0.3) is 10.9 Å². The summed E-state index contributed by atoms with van der Waals surface area (Å²) in [7, 11) is 0. The number of carbonyl (C=O) groups excluding carboxylic acids is 2. The third kappa shape index (κ3) is 2.80. The molecule has 4 rings (SSSR count). The summed E-state index contributed by atoms with van der Waals surface area (Å²) in [6, 6.07) is 11.2. The number of H-pyrrole nitrogens is 1. The highest BCUT2D eigenvalue weighted by molar-refractivity contribution is 5.99. The number of piperazine rings is 1. The molecule has 1 saturated heterocycles. The molecule has 1 aromatic carbocycles. The molecule has 0 aliphatic carbocycles. The van der Waals surface area contributed by atoms with Crippen LogP contribution in [0, 0.1) is 6.92 Å². The number of aryl methyl sites for hydroxylation is 1. The highest BCUT2D eigenvalue weighted by atomic mass is 16.3. The predicted molar refractivity (Wildman–Crippen MR) is 93.6 cm³/mol. The first-order valence-electron chi connectivity index (χ1n) is 8.34. The molecule has 1 fully saturated rings. The van der Waals surface area contributed by atoms with Crippen LogP contribution < -0.4 is 0 Å². The topological polar surface area (TPSA) is 69.6 Å². The molecule has 2 aromatic heterocycles. The standard InChI is InChI=1S/C19H19N3O3/c1-13-4-2-5-15-14(13)12-16(20-15)18(23)21-7-9-22(10-8-21)19(24)17-6-3-11-25-17/h2-6,11-12,20H,7-10H2,1H3. The molecule has 1 N–H and O–H groups in total. The van der Waals surface area contributed by atoms with Crippen LogP contribution in [0.2, 0.25) is 0 Å².